The summed E-state index contributed by atoms with van der Waals surface area (Å²) < 4.78 is 30.9. The minimum atomic E-state index is -2.95. The molecule has 4 rings (SSSR count). The van der Waals surface area contributed by atoms with Crippen molar-refractivity contribution in [3.05, 3.63) is 35.5 Å². The van der Waals surface area contributed by atoms with Crippen LogP contribution in [-0.2, 0) is 21.2 Å². The van der Waals surface area contributed by atoms with E-state index in [1.54, 1.807) is 12.3 Å². The number of nitrogens with zero attached hydrogens (tertiary/aromatic N) is 4. The van der Waals surface area contributed by atoms with E-state index >= 15 is 0 Å². The van der Waals surface area contributed by atoms with Gasteiger partial charge in [-0.05, 0) is 32.4 Å². The summed E-state index contributed by atoms with van der Waals surface area (Å²) in [5.41, 5.74) is 3.06. The first-order chi connectivity index (χ1) is 14.3. The van der Waals surface area contributed by atoms with Gasteiger partial charge in [0, 0.05) is 26.2 Å². The molecule has 1 unspecified atom stereocenters. The summed E-state index contributed by atoms with van der Waals surface area (Å²) >= 11 is 0. The van der Waals surface area contributed by atoms with Crippen LogP contribution in [0.15, 0.2) is 22.8 Å². The highest BCUT2D eigenvalue weighted by molar-refractivity contribution is 7.91. The van der Waals surface area contributed by atoms with Crippen molar-refractivity contribution >= 4 is 21.4 Å². The Kier molecular flexibility index (Phi) is 5.88. The molecule has 0 aliphatic carbocycles. The van der Waals surface area contributed by atoms with Crippen LogP contribution < -0.4 is 10.2 Å². The van der Waals surface area contributed by atoms with Crippen LogP contribution in [0.4, 0.5) is 5.69 Å². The number of furan rings is 1. The first kappa shape index (κ1) is 20.9. The van der Waals surface area contributed by atoms with Gasteiger partial charge in [-0.15, -0.1) is 0 Å². The number of aromatic nitrogens is 2. The molecule has 164 valence electrons. The number of nitrogens with one attached hydrogen (secondary N) is 1. The molecule has 1 amide bonds. The fourth-order valence-corrected chi connectivity index (χ4v) is 6.12. The van der Waals surface area contributed by atoms with Gasteiger partial charge in [0.1, 0.15) is 5.76 Å². The van der Waals surface area contributed by atoms with Crippen LogP contribution in [0.25, 0.3) is 0 Å². The summed E-state index contributed by atoms with van der Waals surface area (Å²) in [6.45, 7) is 7.97. The van der Waals surface area contributed by atoms with Gasteiger partial charge < -0.3 is 14.6 Å². The predicted molar refractivity (Wildman–Crippen MR) is 113 cm³/mol. The summed E-state index contributed by atoms with van der Waals surface area (Å²) in [5, 5.41) is 7.56. The van der Waals surface area contributed by atoms with Gasteiger partial charge in [0.25, 0.3) is 0 Å². The van der Waals surface area contributed by atoms with Crippen molar-refractivity contribution in [1.82, 2.24) is 20.0 Å². The van der Waals surface area contributed by atoms with Crippen molar-refractivity contribution < 1.29 is 17.6 Å². The monoisotopic (exact) mass is 435 g/mol. The zero-order valence-electron chi connectivity index (χ0n) is 17.5. The lowest BCUT2D eigenvalue weighted by Crippen LogP contribution is -2.49. The number of hydrogen-bond donors (Lipinski definition) is 1. The molecular weight excluding hydrogens is 406 g/mol. The van der Waals surface area contributed by atoms with Gasteiger partial charge in [-0.1, -0.05) is 0 Å². The van der Waals surface area contributed by atoms with E-state index in [1.165, 1.54) is 0 Å². The number of carbonyl (C=O) groups excluding carboxylic acids is 1. The van der Waals surface area contributed by atoms with E-state index in [9.17, 15) is 13.2 Å². The molecule has 1 atom stereocenters. The average molecular weight is 436 g/mol. The standard InChI is InChI=1S/C20H29N5O4S/c1-15-20(16(2)25(22-15)17-5-11-30(27,28)14-17)24-8-6-23(7-9-24)13-19(26)21-12-18-4-3-10-29-18/h3-4,10,17H,5-9,11-14H2,1-2H3,(H,21,26). The van der Waals surface area contributed by atoms with Crippen molar-refractivity contribution in [3.63, 3.8) is 0 Å². The van der Waals surface area contributed by atoms with Gasteiger partial charge >= 0.3 is 0 Å². The minimum Gasteiger partial charge on any atom is -0.467 e. The van der Waals surface area contributed by atoms with Crippen LogP contribution in [0, 0.1) is 13.8 Å². The number of hydrogen-bond acceptors (Lipinski definition) is 7. The Morgan fingerprint density at radius 3 is 2.67 bits per heavy atom. The first-order valence-corrected chi connectivity index (χ1v) is 12.2. The Labute approximate surface area is 176 Å². The first-order valence-electron chi connectivity index (χ1n) is 10.3. The van der Waals surface area contributed by atoms with Crippen molar-refractivity contribution in [3.8, 4) is 0 Å². The SMILES string of the molecule is Cc1nn(C2CCS(=O)(=O)C2)c(C)c1N1CCN(CC(=O)NCc2ccco2)CC1. The quantitative estimate of drug-likeness (QED) is 0.719. The van der Waals surface area contributed by atoms with Crippen LogP contribution in [-0.4, -0.2) is 73.2 Å². The largest absolute Gasteiger partial charge is 0.467 e. The second kappa shape index (κ2) is 8.43. The molecular formula is C20H29N5O4S. The third-order valence-corrected chi connectivity index (χ3v) is 7.69. The summed E-state index contributed by atoms with van der Waals surface area (Å²) in [6.07, 6.45) is 2.23. The van der Waals surface area contributed by atoms with E-state index in [4.69, 9.17) is 4.42 Å². The molecule has 1 N–H and O–H groups in total. The van der Waals surface area contributed by atoms with E-state index in [-0.39, 0.29) is 23.5 Å². The van der Waals surface area contributed by atoms with Gasteiger partial charge in [-0.2, -0.15) is 5.10 Å². The lowest BCUT2D eigenvalue weighted by Gasteiger charge is -2.35. The molecule has 2 fully saturated rings. The van der Waals surface area contributed by atoms with E-state index in [0.717, 1.165) is 49.0 Å². The molecule has 0 spiro atoms. The lowest BCUT2D eigenvalue weighted by molar-refractivity contribution is -0.122. The molecule has 30 heavy (non-hydrogen) atoms. The number of rotatable bonds is 6. The second-order valence-corrected chi connectivity index (χ2v) is 10.4. The van der Waals surface area contributed by atoms with E-state index in [1.807, 2.05) is 24.6 Å². The molecule has 9 nitrogen and oxygen atoms in total. The Hall–Kier alpha value is -2.33. The highest BCUT2D eigenvalue weighted by atomic mass is 32.2. The highest BCUT2D eigenvalue weighted by Crippen LogP contribution is 2.31. The number of sulfone groups is 1. The molecule has 4 heterocycles. The van der Waals surface area contributed by atoms with E-state index in [2.05, 4.69) is 20.2 Å². The molecule has 2 aliphatic rings. The maximum Gasteiger partial charge on any atom is 0.234 e. The average Bonchev–Trinajstić information content (AvgIpc) is 3.41. The molecule has 2 saturated heterocycles. The zero-order valence-corrected chi connectivity index (χ0v) is 18.3. The van der Waals surface area contributed by atoms with Gasteiger partial charge in [-0.25, -0.2) is 8.42 Å². The van der Waals surface area contributed by atoms with Gasteiger partial charge in [-0.3, -0.25) is 14.4 Å². The summed E-state index contributed by atoms with van der Waals surface area (Å²) in [7, 11) is -2.95. The van der Waals surface area contributed by atoms with E-state index < -0.39 is 9.84 Å². The number of piperazine rings is 1. The summed E-state index contributed by atoms with van der Waals surface area (Å²) in [6, 6.07) is 3.57. The van der Waals surface area contributed by atoms with Crippen molar-refractivity contribution in [2.75, 3.05) is 49.1 Å². The number of anilines is 1. The van der Waals surface area contributed by atoms with Crippen molar-refractivity contribution in [2.45, 2.75) is 32.9 Å². The molecule has 0 bridgehead atoms. The van der Waals surface area contributed by atoms with E-state index in [0.29, 0.717) is 19.5 Å². The normalized spacial score (nSPS) is 21.8. The van der Waals surface area contributed by atoms with Crippen LogP contribution in [0.2, 0.25) is 0 Å². The second-order valence-electron chi connectivity index (χ2n) is 8.14. The fourth-order valence-electron chi connectivity index (χ4n) is 4.42. The third-order valence-electron chi connectivity index (χ3n) is 5.94. The Morgan fingerprint density at radius 2 is 2.03 bits per heavy atom. The molecule has 10 heteroatoms. The summed E-state index contributed by atoms with van der Waals surface area (Å²) in [4.78, 5) is 16.6. The Balaban J connectivity index is 1.32. The number of amides is 1. The highest BCUT2D eigenvalue weighted by Gasteiger charge is 2.32. The van der Waals surface area contributed by atoms with Crippen LogP contribution >= 0.6 is 0 Å². The van der Waals surface area contributed by atoms with Gasteiger partial charge in [0.15, 0.2) is 9.84 Å². The Bertz CT molecular complexity index is 991. The molecule has 0 aromatic carbocycles. The molecule has 0 radical (unpaired) electrons. The molecule has 2 aromatic heterocycles. The number of aryl methyl sites for hydroxylation is 1. The predicted octanol–water partition coefficient (Wildman–Crippen LogP) is 0.891. The summed E-state index contributed by atoms with van der Waals surface area (Å²) in [5.74, 6) is 1.15. The smallest absolute Gasteiger partial charge is 0.234 e. The van der Waals surface area contributed by atoms with Crippen LogP contribution in [0.1, 0.15) is 29.6 Å². The minimum absolute atomic E-state index is 0.0116. The number of carbonyl (C=O) groups is 1. The Morgan fingerprint density at radius 1 is 1.27 bits per heavy atom. The molecule has 2 aliphatic heterocycles. The molecule has 2 aromatic rings. The lowest BCUT2D eigenvalue weighted by atomic mass is 10.2. The van der Waals surface area contributed by atoms with Crippen molar-refractivity contribution in [2.24, 2.45) is 0 Å². The zero-order chi connectivity index (χ0) is 21.3. The van der Waals surface area contributed by atoms with Crippen molar-refractivity contribution in [1.29, 1.82) is 0 Å². The molecule has 0 saturated carbocycles. The maximum atomic E-state index is 12.2. The van der Waals surface area contributed by atoms with Gasteiger partial charge in [0.05, 0.1) is 54.0 Å². The maximum absolute atomic E-state index is 12.2. The topological polar surface area (TPSA) is 101 Å². The van der Waals surface area contributed by atoms with Gasteiger partial charge in [0.2, 0.25) is 5.91 Å². The fraction of sp³-hybridized carbons (Fsp3) is 0.600. The van der Waals surface area contributed by atoms with Crippen LogP contribution in [0.3, 0.4) is 0 Å². The third kappa shape index (κ3) is 4.54. The van der Waals surface area contributed by atoms with Crippen LogP contribution in [0.5, 0.6) is 0 Å².